The lowest BCUT2D eigenvalue weighted by atomic mass is 9.99. The van der Waals surface area contributed by atoms with Crippen LogP contribution >= 0.6 is 0 Å². The highest BCUT2D eigenvalue weighted by atomic mass is 16.5. The molecule has 188 valence electrons. The van der Waals surface area contributed by atoms with Gasteiger partial charge in [0.1, 0.15) is 17.9 Å². The van der Waals surface area contributed by atoms with Gasteiger partial charge in [0.05, 0.1) is 24.9 Å². The molecule has 12 nitrogen and oxygen atoms in total. The minimum Gasteiger partial charge on any atom is -0.369 e. The Labute approximate surface area is 202 Å². The summed E-state index contributed by atoms with van der Waals surface area (Å²) >= 11 is 0. The predicted molar refractivity (Wildman–Crippen MR) is 125 cm³/mol. The van der Waals surface area contributed by atoms with Crippen LogP contribution < -0.4 is 10.9 Å². The van der Waals surface area contributed by atoms with Gasteiger partial charge in [0.15, 0.2) is 0 Å². The molecule has 1 saturated heterocycles. The second-order valence-electron chi connectivity index (χ2n) is 9.31. The maximum Gasteiger partial charge on any atom is 0.263 e. The van der Waals surface area contributed by atoms with Crippen molar-refractivity contribution in [2.45, 2.75) is 39.0 Å². The van der Waals surface area contributed by atoms with Gasteiger partial charge in [0.25, 0.3) is 11.5 Å². The molecule has 0 spiro atoms. The van der Waals surface area contributed by atoms with Gasteiger partial charge in [-0.25, -0.2) is 4.68 Å². The van der Waals surface area contributed by atoms with E-state index in [9.17, 15) is 19.2 Å². The zero-order chi connectivity index (χ0) is 25.1. The molecule has 0 unspecified atom stereocenters. The quantitative estimate of drug-likeness (QED) is 0.620. The van der Waals surface area contributed by atoms with Crippen LogP contribution in [0.25, 0.3) is 0 Å². The lowest BCUT2D eigenvalue weighted by Gasteiger charge is -2.20. The van der Waals surface area contributed by atoms with Gasteiger partial charge in [-0.2, -0.15) is 0 Å². The minimum atomic E-state index is -0.421. The van der Waals surface area contributed by atoms with E-state index in [-0.39, 0.29) is 68.1 Å². The van der Waals surface area contributed by atoms with Crippen molar-refractivity contribution in [3.05, 3.63) is 46.1 Å². The molecule has 2 aromatic heterocycles. The van der Waals surface area contributed by atoms with Crippen LogP contribution in [-0.2, 0) is 20.9 Å². The maximum absolute atomic E-state index is 12.9. The summed E-state index contributed by atoms with van der Waals surface area (Å²) in [6.45, 7) is 5.14. The third-order valence-electron chi connectivity index (χ3n) is 6.34. The number of carbonyl (C=O) groups is 3. The van der Waals surface area contributed by atoms with E-state index >= 15 is 0 Å². The monoisotopic (exact) mass is 485 g/mol. The van der Waals surface area contributed by atoms with Gasteiger partial charge in [-0.15, -0.1) is 5.10 Å². The summed E-state index contributed by atoms with van der Waals surface area (Å²) < 4.78 is 8.57. The van der Waals surface area contributed by atoms with Crippen molar-refractivity contribution in [3.8, 4) is 0 Å². The van der Waals surface area contributed by atoms with Crippen LogP contribution in [0.4, 0.5) is 0 Å². The Morgan fingerprint density at radius 2 is 2.06 bits per heavy atom. The van der Waals surface area contributed by atoms with E-state index in [4.69, 9.17) is 4.74 Å². The lowest BCUT2D eigenvalue weighted by molar-refractivity contribution is -0.137. The largest absolute Gasteiger partial charge is 0.369 e. The van der Waals surface area contributed by atoms with Gasteiger partial charge in [-0.3, -0.25) is 19.2 Å². The number of hydrogen-bond acceptors (Lipinski definition) is 7. The van der Waals surface area contributed by atoms with Gasteiger partial charge in [0, 0.05) is 51.8 Å². The molecule has 2 atom stereocenters. The fourth-order valence-corrected chi connectivity index (χ4v) is 4.41. The number of pyridine rings is 1. The molecule has 4 rings (SSSR count). The van der Waals surface area contributed by atoms with Crippen LogP contribution in [0.1, 0.15) is 42.4 Å². The minimum absolute atomic E-state index is 0.0223. The molecule has 0 saturated carbocycles. The van der Waals surface area contributed by atoms with Crippen molar-refractivity contribution < 1.29 is 19.1 Å². The van der Waals surface area contributed by atoms with Crippen LogP contribution in [0.15, 0.2) is 29.3 Å². The van der Waals surface area contributed by atoms with Crippen LogP contribution in [-0.4, -0.2) is 93.0 Å². The number of carbonyl (C=O) groups excluding carboxylic acids is 3. The Morgan fingerprint density at radius 3 is 2.83 bits per heavy atom. The number of ether oxygens (including phenoxy) is 1. The average molecular weight is 486 g/mol. The molecule has 4 heterocycles. The summed E-state index contributed by atoms with van der Waals surface area (Å²) in [4.78, 5) is 54.3. The Morgan fingerprint density at radius 1 is 1.26 bits per heavy atom. The van der Waals surface area contributed by atoms with E-state index in [2.05, 4.69) is 15.6 Å². The van der Waals surface area contributed by atoms with Crippen molar-refractivity contribution in [2.24, 2.45) is 5.92 Å². The van der Waals surface area contributed by atoms with Crippen molar-refractivity contribution in [2.75, 3.05) is 39.8 Å². The van der Waals surface area contributed by atoms with E-state index in [0.29, 0.717) is 18.8 Å². The molecule has 1 N–H and O–H groups in total. The van der Waals surface area contributed by atoms with E-state index in [0.717, 1.165) is 0 Å². The zero-order valence-corrected chi connectivity index (χ0v) is 20.2. The number of nitrogens with zero attached hydrogens (tertiary/aromatic N) is 6. The number of likely N-dealkylation sites (N-methyl/N-ethyl adjacent to an activating group) is 1. The standard InChI is InChI=1S/C23H31N7O5/c1-15(2)35-14-21(32)29-10-16-9-20(31)24-6-8-27(3)22(33)18-5-4-7-28(23(18)34)11-17-12-30(26-25-17)19(16)13-29/h4-5,7,12,15-16,19H,6,8-11,13-14H2,1-3H3,(H,24,31)/t16-,19+/m0/s1. The Balaban J connectivity index is 1.62. The number of amides is 3. The van der Waals surface area contributed by atoms with Crippen molar-refractivity contribution in [1.82, 2.24) is 34.7 Å². The number of likely N-dealkylation sites (tertiary alicyclic amines) is 1. The maximum atomic E-state index is 12.9. The zero-order valence-electron chi connectivity index (χ0n) is 20.2. The van der Waals surface area contributed by atoms with Crippen LogP contribution in [0.3, 0.4) is 0 Å². The summed E-state index contributed by atoms with van der Waals surface area (Å²) in [6, 6.07) is 2.90. The highest BCUT2D eigenvalue weighted by Gasteiger charge is 2.38. The number of aromatic nitrogens is 4. The topological polar surface area (TPSA) is 132 Å². The summed E-state index contributed by atoms with van der Waals surface area (Å²) in [5.74, 6) is -0.904. The normalized spacial score (nSPS) is 21.3. The molecule has 35 heavy (non-hydrogen) atoms. The SMILES string of the molecule is CC(C)OCC(=O)N1C[C@@H]2CC(=O)NCCN(C)C(=O)c3cccn(c3=O)Cc3cn(nn3)[C@@H]2C1. The molecular formula is C23H31N7O5. The Kier molecular flexibility index (Phi) is 7.29. The lowest BCUT2D eigenvalue weighted by Crippen LogP contribution is -2.39. The molecule has 3 amide bonds. The predicted octanol–water partition coefficient (Wildman–Crippen LogP) is -0.495. The highest BCUT2D eigenvalue weighted by molar-refractivity contribution is 5.93. The first-order chi connectivity index (χ1) is 16.7. The molecule has 0 aliphatic carbocycles. The first-order valence-corrected chi connectivity index (χ1v) is 11.7. The van der Waals surface area contributed by atoms with Gasteiger partial charge in [-0.05, 0) is 26.0 Å². The first kappa shape index (κ1) is 24.6. The molecule has 0 radical (unpaired) electrons. The molecule has 12 heteroatoms. The Bertz CT molecular complexity index is 1160. The van der Waals surface area contributed by atoms with Crippen molar-refractivity contribution in [1.29, 1.82) is 0 Å². The molecule has 2 aliphatic heterocycles. The third-order valence-corrected chi connectivity index (χ3v) is 6.34. The van der Waals surface area contributed by atoms with Crippen molar-refractivity contribution in [3.63, 3.8) is 0 Å². The number of nitrogens with one attached hydrogen (secondary N) is 1. The van der Waals surface area contributed by atoms with Crippen molar-refractivity contribution >= 4 is 17.7 Å². The summed E-state index contributed by atoms with van der Waals surface area (Å²) in [5, 5.41) is 11.3. The number of fused-ring (bicyclic) bond motifs is 6. The fraction of sp³-hybridized carbons (Fsp3) is 0.565. The number of hydrogen-bond donors (Lipinski definition) is 1. The van der Waals surface area contributed by atoms with Crippen LogP contribution in [0.2, 0.25) is 0 Å². The molecule has 1 fully saturated rings. The van der Waals surface area contributed by atoms with Crippen LogP contribution in [0.5, 0.6) is 0 Å². The summed E-state index contributed by atoms with van der Waals surface area (Å²) in [5.41, 5.74) is 0.165. The fourth-order valence-electron chi connectivity index (χ4n) is 4.41. The smallest absolute Gasteiger partial charge is 0.263 e. The molecule has 0 aromatic carbocycles. The molecule has 2 aromatic rings. The van der Waals surface area contributed by atoms with Gasteiger partial charge >= 0.3 is 0 Å². The third kappa shape index (κ3) is 5.59. The van der Waals surface area contributed by atoms with E-state index in [1.807, 2.05) is 13.8 Å². The van der Waals surface area contributed by atoms with Crippen LogP contribution in [0, 0.1) is 5.92 Å². The van der Waals surface area contributed by atoms with Gasteiger partial charge < -0.3 is 24.4 Å². The van der Waals surface area contributed by atoms with Gasteiger partial charge in [-0.1, -0.05) is 5.21 Å². The van der Waals surface area contributed by atoms with E-state index < -0.39 is 11.5 Å². The first-order valence-electron chi connectivity index (χ1n) is 11.7. The van der Waals surface area contributed by atoms with E-state index in [1.165, 1.54) is 15.5 Å². The summed E-state index contributed by atoms with van der Waals surface area (Å²) in [7, 11) is 1.59. The average Bonchev–Trinajstić information content (AvgIpc) is 3.44. The highest BCUT2D eigenvalue weighted by Crippen LogP contribution is 2.30. The molecule has 2 aliphatic rings. The molecular weight excluding hydrogens is 454 g/mol. The number of rotatable bonds is 3. The second kappa shape index (κ2) is 10.4. The Hall–Kier alpha value is -3.54. The molecule has 4 bridgehead atoms. The van der Waals surface area contributed by atoms with Gasteiger partial charge in [0.2, 0.25) is 11.8 Å². The summed E-state index contributed by atoms with van der Waals surface area (Å²) in [6.07, 6.45) is 3.47. The van der Waals surface area contributed by atoms with E-state index in [1.54, 1.807) is 35.1 Å². The second-order valence-corrected chi connectivity index (χ2v) is 9.31.